The van der Waals surface area contributed by atoms with Gasteiger partial charge in [-0.15, -0.1) is 0 Å². The lowest BCUT2D eigenvalue weighted by Gasteiger charge is -2.23. The van der Waals surface area contributed by atoms with Crippen molar-refractivity contribution in [1.29, 1.82) is 0 Å². The SMILES string of the molecule is Cc1cc(C(c2ccccc2)c2cc(C)c(C)c(C)c2)cc(C)c1C. The average molecular weight is 328 g/mol. The molecule has 25 heavy (non-hydrogen) atoms. The van der Waals surface area contributed by atoms with Gasteiger partial charge in [-0.3, -0.25) is 0 Å². The van der Waals surface area contributed by atoms with Gasteiger partial charge in [0.25, 0.3) is 0 Å². The predicted octanol–water partition coefficient (Wildman–Crippen LogP) is 6.72. The van der Waals surface area contributed by atoms with Gasteiger partial charge in [0.05, 0.1) is 0 Å². The molecule has 0 aromatic heterocycles. The molecule has 0 nitrogen and oxygen atoms in total. The van der Waals surface area contributed by atoms with E-state index >= 15 is 0 Å². The minimum absolute atomic E-state index is 0.275. The van der Waals surface area contributed by atoms with Crippen LogP contribution in [0.2, 0.25) is 0 Å². The molecule has 3 aromatic carbocycles. The summed E-state index contributed by atoms with van der Waals surface area (Å²) >= 11 is 0. The van der Waals surface area contributed by atoms with Crippen LogP contribution in [0.1, 0.15) is 56.0 Å². The fourth-order valence-corrected chi connectivity index (χ4v) is 3.69. The Labute approximate surface area is 152 Å². The van der Waals surface area contributed by atoms with Crippen LogP contribution in [-0.4, -0.2) is 0 Å². The van der Waals surface area contributed by atoms with E-state index in [9.17, 15) is 0 Å². The number of aryl methyl sites for hydroxylation is 4. The first-order valence-electron chi connectivity index (χ1n) is 9.09. The summed E-state index contributed by atoms with van der Waals surface area (Å²) in [4.78, 5) is 0. The molecule has 0 radical (unpaired) electrons. The molecule has 0 aliphatic carbocycles. The first-order chi connectivity index (χ1) is 11.9. The van der Waals surface area contributed by atoms with Crippen LogP contribution < -0.4 is 0 Å². The zero-order valence-corrected chi connectivity index (χ0v) is 16.3. The molecule has 0 saturated heterocycles. The Kier molecular flexibility index (Phi) is 4.81. The molecule has 0 bridgehead atoms. The standard InChI is InChI=1S/C25H28/c1-16-12-23(13-17(2)20(16)5)25(22-10-8-7-9-11-22)24-14-18(3)21(6)19(4)15-24/h7-15,25H,1-6H3. The van der Waals surface area contributed by atoms with Crippen LogP contribution in [0, 0.1) is 41.5 Å². The van der Waals surface area contributed by atoms with Crippen LogP contribution in [0.3, 0.4) is 0 Å². The highest BCUT2D eigenvalue weighted by atomic mass is 14.2. The first kappa shape index (κ1) is 17.5. The van der Waals surface area contributed by atoms with E-state index in [4.69, 9.17) is 0 Å². The molecule has 0 heterocycles. The summed E-state index contributed by atoms with van der Waals surface area (Å²) in [6, 6.07) is 20.3. The van der Waals surface area contributed by atoms with Crippen molar-refractivity contribution in [2.24, 2.45) is 0 Å². The molecular weight excluding hydrogens is 300 g/mol. The number of hydrogen-bond donors (Lipinski definition) is 0. The summed E-state index contributed by atoms with van der Waals surface area (Å²) in [7, 11) is 0. The van der Waals surface area contributed by atoms with Gasteiger partial charge in [0, 0.05) is 5.92 Å². The van der Waals surface area contributed by atoms with Gasteiger partial charge in [-0.2, -0.15) is 0 Å². The molecule has 3 rings (SSSR count). The van der Waals surface area contributed by atoms with E-state index in [1.165, 1.54) is 50.1 Å². The lowest BCUT2D eigenvalue weighted by molar-refractivity contribution is 0.959. The molecule has 0 N–H and O–H groups in total. The Morgan fingerprint density at radius 3 is 1.20 bits per heavy atom. The highest BCUT2D eigenvalue weighted by Gasteiger charge is 2.19. The number of benzene rings is 3. The van der Waals surface area contributed by atoms with Crippen molar-refractivity contribution in [2.75, 3.05) is 0 Å². The van der Waals surface area contributed by atoms with Gasteiger partial charge in [0.2, 0.25) is 0 Å². The molecule has 0 heteroatoms. The van der Waals surface area contributed by atoms with Gasteiger partial charge in [-0.1, -0.05) is 54.6 Å². The van der Waals surface area contributed by atoms with E-state index in [-0.39, 0.29) is 5.92 Å². The smallest absolute Gasteiger partial charge is 0.0340 e. The molecule has 0 atom stereocenters. The Hall–Kier alpha value is -2.34. The fraction of sp³-hybridized carbons (Fsp3) is 0.280. The largest absolute Gasteiger partial charge is 0.0622 e. The van der Waals surface area contributed by atoms with Crippen LogP contribution in [0.4, 0.5) is 0 Å². The average Bonchev–Trinajstić information content (AvgIpc) is 2.58. The van der Waals surface area contributed by atoms with E-state index in [1.54, 1.807) is 0 Å². The van der Waals surface area contributed by atoms with Gasteiger partial charge in [-0.25, -0.2) is 0 Å². The van der Waals surface area contributed by atoms with E-state index in [1.807, 2.05) is 0 Å². The number of hydrogen-bond acceptors (Lipinski definition) is 0. The van der Waals surface area contributed by atoms with Crippen molar-refractivity contribution >= 4 is 0 Å². The van der Waals surface area contributed by atoms with E-state index in [0.29, 0.717) is 0 Å². The monoisotopic (exact) mass is 328 g/mol. The first-order valence-corrected chi connectivity index (χ1v) is 9.09. The van der Waals surface area contributed by atoms with Gasteiger partial charge in [-0.05, 0) is 91.6 Å². The van der Waals surface area contributed by atoms with Crippen molar-refractivity contribution < 1.29 is 0 Å². The van der Waals surface area contributed by atoms with Crippen molar-refractivity contribution in [3.05, 3.63) is 105 Å². The molecule has 0 saturated carbocycles. The fourth-order valence-electron chi connectivity index (χ4n) is 3.69. The Morgan fingerprint density at radius 2 is 0.840 bits per heavy atom. The maximum Gasteiger partial charge on any atom is 0.0340 e. The highest BCUT2D eigenvalue weighted by Crippen LogP contribution is 2.35. The zero-order valence-electron chi connectivity index (χ0n) is 16.3. The highest BCUT2D eigenvalue weighted by molar-refractivity contribution is 5.50. The summed E-state index contributed by atoms with van der Waals surface area (Å²) in [6.45, 7) is 13.3. The third-order valence-corrected chi connectivity index (χ3v) is 5.70. The zero-order chi connectivity index (χ0) is 18.1. The molecule has 0 spiro atoms. The number of rotatable bonds is 3. The van der Waals surface area contributed by atoms with E-state index < -0.39 is 0 Å². The van der Waals surface area contributed by atoms with Gasteiger partial charge < -0.3 is 0 Å². The molecule has 0 aliphatic heterocycles. The van der Waals surface area contributed by atoms with E-state index in [0.717, 1.165) is 0 Å². The topological polar surface area (TPSA) is 0 Å². The maximum absolute atomic E-state index is 2.37. The van der Waals surface area contributed by atoms with Crippen LogP contribution in [0.15, 0.2) is 54.6 Å². The van der Waals surface area contributed by atoms with Crippen molar-refractivity contribution in [2.45, 2.75) is 47.5 Å². The third-order valence-electron chi connectivity index (χ3n) is 5.70. The maximum atomic E-state index is 2.37. The Balaban J connectivity index is 2.25. The van der Waals surface area contributed by atoms with Crippen molar-refractivity contribution in [3.63, 3.8) is 0 Å². The van der Waals surface area contributed by atoms with Gasteiger partial charge >= 0.3 is 0 Å². The molecule has 0 aliphatic rings. The van der Waals surface area contributed by atoms with Gasteiger partial charge in [0.1, 0.15) is 0 Å². The molecule has 0 fully saturated rings. The van der Waals surface area contributed by atoms with E-state index in [2.05, 4.69) is 96.1 Å². The molecule has 3 aromatic rings. The molecule has 128 valence electrons. The minimum Gasteiger partial charge on any atom is -0.0622 e. The van der Waals surface area contributed by atoms with Crippen LogP contribution in [-0.2, 0) is 0 Å². The summed E-state index contributed by atoms with van der Waals surface area (Å²) < 4.78 is 0. The lowest BCUT2D eigenvalue weighted by atomic mass is 9.81. The lowest BCUT2D eigenvalue weighted by Crippen LogP contribution is -2.06. The van der Waals surface area contributed by atoms with Gasteiger partial charge in [0.15, 0.2) is 0 Å². The molecule has 0 unspecified atom stereocenters. The predicted molar refractivity (Wildman–Crippen MR) is 109 cm³/mol. The quantitative estimate of drug-likeness (QED) is 0.468. The van der Waals surface area contributed by atoms with Crippen LogP contribution >= 0.6 is 0 Å². The Morgan fingerprint density at radius 1 is 0.480 bits per heavy atom. The third kappa shape index (κ3) is 3.39. The second-order valence-corrected chi connectivity index (χ2v) is 7.40. The van der Waals surface area contributed by atoms with Crippen molar-refractivity contribution in [1.82, 2.24) is 0 Å². The molecular formula is C25H28. The summed E-state index contributed by atoms with van der Waals surface area (Å²) in [5.41, 5.74) is 12.4. The second kappa shape index (κ2) is 6.88. The Bertz CT molecular complexity index is 797. The summed E-state index contributed by atoms with van der Waals surface area (Å²) in [6.07, 6.45) is 0. The summed E-state index contributed by atoms with van der Waals surface area (Å²) in [5, 5.41) is 0. The summed E-state index contributed by atoms with van der Waals surface area (Å²) in [5.74, 6) is 0.275. The molecule has 0 amide bonds. The minimum atomic E-state index is 0.275. The van der Waals surface area contributed by atoms with Crippen LogP contribution in [0.5, 0.6) is 0 Å². The normalized spacial score (nSPS) is 11.2. The second-order valence-electron chi connectivity index (χ2n) is 7.40. The van der Waals surface area contributed by atoms with Crippen LogP contribution in [0.25, 0.3) is 0 Å². The van der Waals surface area contributed by atoms with Crippen molar-refractivity contribution in [3.8, 4) is 0 Å².